The Hall–Kier alpha value is -2.56. The van der Waals surface area contributed by atoms with Gasteiger partial charge >= 0.3 is 0 Å². The molecule has 1 aromatic carbocycles. The minimum atomic E-state index is -0.160. The smallest absolute Gasteiger partial charge is 0.230 e. The minimum absolute atomic E-state index is 0.160. The molecule has 1 heterocycles. The van der Waals surface area contributed by atoms with Gasteiger partial charge in [0.1, 0.15) is 5.75 Å². The van der Waals surface area contributed by atoms with Crippen LogP contribution in [-0.4, -0.2) is 18.0 Å². The number of aromatic nitrogens is 1. The minimum Gasteiger partial charge on any atom is -0.497 e. The predicted octanol–water partition coefficient (Wildman–Crippen LogP) is 2.16. The number of aryl methyl sites for hydroxylation is 1. The third kappa shape index (κ3) is 3.26. The second kappa shape index (κ2) is 6.06. The molecule has 0 bridgehead atoms. The Morgan fingerprint density at radius 2 is 2.20 bits per heavy atom. The molecule has 2 rings (SSSR count). The molecule has 2 aromatic rings. The Morgan fingerprint density at radius 1 is 1.40 bits per heavy atom. The van der Waals surface area contributed by atoms with Crippen LogP contribution in [0.3, 0.4) is 0 Å². The van der Waals surface area contributed by atoms with Crippen molar-refractivity contribution in [2.45, 2.75) is 13.3 Å². The van der Waals surface area contributed by atoms with Crippen LogP contribution in [0.1, 0.15) is 11.3 Å². The molecule has 5 heteroatoms. The summed E-state index contributed by atoms with van der Waals surface area (Å²) in [6, 6.07) is 8.90. The van der Waals surface area contributed by atoms with E-state index in [4.69, 9.17) is 10.5 Å². The first-order valence-corrected chi connectivity index (χ1v) is 6.24. The van der Waals surface area contributed by atoms with Gasteiger partial charge < -0.3 is 15.8 Å². The number of nitrogens with one attached hydrogen (secondary N) is 1. The summed E-state index contributed by atoms with van der Waals surface area (Å²) in [7, 11) is 1.56. The van der Waals surface area contributed by atoms with Gasteiger partial charge in [0.25, 0.3) is 0 Å². The quantitative estimate of drug-likeness (QED) is 0.835. The number of ether oxygens (including phenoxy) is 1. The summed E-state index contributed by atoms with van der Waals surface area (Å²) in [4.78, 5) is 16.2. The normalized spacial score (nSPS) is 10.1. The van der Waals surface area contributed by atoms with Crippen LogP contribution in [0.5, 0.6) is 5.75 Å². The molecule has 0 fully saturated rings. The molecule has 20 heavy (non-hydrogen) atoms. The van der Waals surface area contributed by atoms with Crippen molar-refractivity contribution >= 4 is 17.3 Å². The number of carbonyl (C=O) groups is 1. The van der Waals surface area contributed by atoms with Gasteiger partial charge in [-0.2, -0.15) is 0 Å². The lowest BCUT2D eigenvalue weighted by atomic mass is 10.1. The van der Waals surface area contributed by atoms with E-state index in [0.29, 0.717) is 17.1 Å². The number of pyridine rings is 1. The molecule has 0 saturated carbocycles. The van der Waals surface area contributed by atoms with E-state index in [-0.39, 0.29) is 12.3 Å². The summed E-state index contributed by atoms with van der Waals surface area (Å²) in [5, 5.41) is 2.78. The molecule has 0 spiro atoms. The molecule has 0 aliphatic heterocycles. The largest absolute Gasteiger partial charge is 0.497 e. The number of carbonyl (C=O) groups excluding carboxylic acids is 1. The van der Waals surface area contributed by atoms with Gasteiger partial charge in [0, 0.05) is 12.3 Å². The van der Waals surface area contributed by atoms with Crippen LogP contribution >= 0.6 is 0 Å². The number of nitrogen functional groups attached to an aromatic ring is 1. The molecule has 1 amide bonds. The average Bonchev–Trinajstić information content (AvgIpc) is 2.44. The lowest BCUT2D eigenvalue weighted by Gasteiger charge is -2.10. The van der Waals surface area contributed by atoms with Crippen molar-refractivity contribution in [3.05, 3.63) is 47.8 Å². The first-order valence-electron chi connectivity index (χ1n) is 6.24. The average molecular weight is 271 g/mol. The number of nitrogens with zero attached hydrogens (tertiary/aromatic N) is 1. The van der Waals surface area contributed by atoms with Gasteiger partial charge in [-0.3, -0.25) is 9.78 Å². The fourth-order valence-electron chi connectivity index (χ4n) is 1.82. The summed E-state index contributed by atoms with van der Waals surface area (Å²) < 4.78 is 5.11. The highest BCUT2D eigenvalue weighted by Crippen LogP contribution is 2.24. The lowest BCUT2D eigenvalue weighted by Crippen LogP contribution is -2.16. The number of amides is 1. The number of methoxy groups -OCH3 is 1. The molecule has 0 aliphatic rings. The van der Waals surface area contributed by atoms with Crippen LogP contribution in [0, 0.1) is 6.92 Å². The van der Waals surface area contributed by atoms with E-state index >= 15 is 0 Å². The van der Waals surface area contributed by atoms with Gasteiger partial charge in [-0.1, -0.05) is 6.07 Å². The summed E-state index contributed by atoms with van der Waals surface area (Å²) in [5.74, 6) is 0.482. The second-order valence-corrected chi connectivity index (χ2v) is 4.45. The van der Waals surface area contributed by atoms with E-state index in [9.17, 15) is 4.79 Å². The van der Waals surface area contributed by atoms with E-state index in [1.54, 1.807) is 31.5 Å². The third-order valence-corrected chi connectivity index (χ3v) is 2.98. The van der Waals surface area contributed by atoms with Crippen molar-refractivity contribution in [1.29, 1.82) is 0 Å². The number of hydrogen-bond acceptors (Lipinski definition) is 4. The fourth-order valence-corrected chi connectivity index (χ4v) is 1.82. The number of hydrogen-bond donors (Lipinski definition) is 2. The standard InChI is InChI=1S/C15H17N3O2/c1-10-4-3-7-17-13(10)9-15(19)18-14-8-11(20-2)5-6-12(14)16/h3-8H,9,16H2,1-2H3,(H,18,19). The molecular weight excluding hydrogens is 254 g/mol. The highest BCUT2D eigenvalue weighted by Gasteiger charge is 2.09. The predicted molar refractivity (Wildman–Crippen MR) is 78.7 cm³/mol. The van der Waals surface area contributed by atoms with Crippen LogP contribution < -0.4 is 15.8 Å². The van der Waals surface area contributed by atoms with Crippen LogP contribution in [-0.2, 0) is 11.2 Å². The molecule has 0 aliphatic carbocycles. The van der Waals surface area contributed by atoms with Gasteiger partial charge in [0.15, 0.2) is 0 Å². The van der Waals surface area contributed by atoms with Crippen molar-refractivity contribution in [1.82, 2.24) is 4.98 Å². The molecule has 0 atom stereocenters. The van der Waals surface area contributed by atoms with E-state index in [2.05, 4.69) is 10.3 Å². The maximum absolute atomic E-state index is 12.0. The van der Waals surface area contributed by atoms with E-state index in [1.807, 2.05) is 19.1 Å². The Balaban J connectivity index is 2.10. The van der Waals surface area contributed by atoms with Gasteiger partial charge in [-0.05, 0) is 30.7 Å². The van der Waals surface area contributed by atoms with E-state index in [0.717, 1.165) is 11.3 Å². The van der Waals surface area contributed by atoms with Crippen molar-refractivity contribution in [2.24, 2.45) is 0 Å². The molecule has 0 unspecified atom stereocenters. The van der Waals surface area contributed by atoms with Gasteiger partial charge in [0.05, 0.1) is 30.6 Å². The maximum Gasteiger partial charge on any atom is 0.230 e. The molecule has 3 N–H and O–H groups in total. The van der Waals surface area contributed by atoms with Crippen LogP contribution in [0.4, 0.5) is 11.4 Å². The zero-order valence-electron chi connectivity index (χ0n) is 11.5. The van der Waals surface area contributed by atoms with Gasteiger partial charge in [0.2, 0.25) is 5.91 Å². The molecule has 104 valence electrons. The first-order chi connectivity index (χ1) is 9.60. The lowest BCUT2D eigenvalue weighted by molar-refractivity contribution is -0.115. The Kier molecular flexibility index (Phi) is 4.20. The summed E-state index contributed by atoms with van der Waals surface area (Å²) in [5.41, 5.74) is 8.61. The highest BCUT2D eigenvalue weighted by molar-refractivity contribution is 5.95. The summed E-state index contributed by atoms with van der Waals surface area (Å²) >= 11 is 0. The van der Waals surface area contributed by atoms with Crippen LogP contribution in [0.25, 0.3) is 0 Å². The zero-order chi connectivity index (χ0) is 14.5. The highest BCUT2D eigenvalue weighted by atomic mass is 16.5. The van der Waals surface area contributed by atoms with E-state index < -0.39 is 0 Å². The fraction of sp³-hybridized carbons (Fsp3) is 0.200. The zero-order valence-corrected chi connectivity index (χ0v) is 11.5. The van der Waals surface area contributed by atoms with Crippen LogP contribution in [0.2, 0.25) is 0 Å². The molecule has 0 saturated heterocycles. The Bertz CT molecular complexity index is 626. The Morgan fingerprint density at radius 3 is 2.90 bits per heavy atom. The molecule has 5 nitrogen and oxygen atoms in total. The molecular formula is C15H17N3O2. The number of anilines is 2. The summed E-state index contributed by atoms with van der Waals surface area (Å²) in [6.45, 7) is 1.93. The number of benzene rings is 1. The van der Waals surface area contributed by atoms with Gasteiger partial charge in [-0.25, -0.2) is 0 Å². The third-order valence-electron chi connectivity index (χ3n) is 2.98. The van der Waals surface area contributed by atoms with Crippen molar-refractivity contribution in [3.63, 3.8) is 0 Å². The SMILES string of the molecule is COc1ccc(N)c(NC(=O)Cc2ncccc2C)c1. The van der Waals surface area contributed by atoms with E-state index in [1.165, 1.54) is 0 Å². The first kappa shape index (κ1) is 13.9. The van der Waals surface area contributed by atoms with Crippen molar-refractivity contribution < 1.29 is 9.53 Å². The second-order valence-electron chi connectivity index (χ2n) is 4.45. The van der Waals surface area contributed by atoms with Crippen LogP contribution in [0.15, 0.2) is 36.5 Å². The topological polar surface area (TPSA) is 77.2 Å². The molecule has 1 aromatic heterocycles. The van der Waals surface area contributed by atoms with Gasteiger partial charge in [-0.15, -0.1) is 0 Å². The van der Waals surface area contributed by atoms with Crippen molar-refractivity contribution in [2.75, 3.05) is 18.2 Å². The van der Waals surface area contributed by atoms with Crippen molar-refractivity contribution in [3.8, 4) is 5.75 Å². The summed E-state index contributed by atoms with van der Waals surface area (Å²) in [6.07, 6.45) is 1.89. The number of nitrogens with two attached hydrogens (primary N) is 1. The monoisotopic (exact) mass is 271 g/mol. The molecule has 0 radical (unpaired) electrons. The number of rotatable bonds is 4. The Labute approximate surface area is 117 Å². The maximum atomic E-state index is 12.0.